The van der Waals surface area contributed by atoms with Gasteiger partial charge in [-0.15, -0.1) is 11.3 Å². The number of aromatic nitrogens is 2. The van der Waals surface area contributed by atoms with Gasteiger partial charge in [-0.2, -0.15) is 0 Å². The van der Waals surface area contributed by atoms with Crippen LogP contribution in [0.5, 0.6) is 11.5 Å². The van der Waals surface area contributed by atoms with Gasteiger partial charge in [-0.05, 0) is 61.8 Å². The quantitative estimate of drug-likeness (QED) is 0.329. The summed E-state index contributed by atoms with van der Waals surface area (Å²) in [6.07, 6.45) is 8.35. The van der Waals surface area contributed by atoms with Gasteiger partial charge in [0.2, 0.25) is 0 Å². The highest BCUT2D eigenvalue weighted by Gasteiger charge is 2.27. The molecule has 0 aliphatic heterocycles. The summed E-state index contributed by atoms with van der Waals surface area (Å²) in [6, 6.07) is 5.85. The Balaban J connectivity index is 1.51. The van der Waals surface area contributed by atoms with Crippen molar-refractivity contribution in [1.29, 1.82) is 0 Å². The number of methoxy groups -OCH3 is 2. The molecular weight excluding hydrogens is 468 g/mol. The second-order valence-corrected chi connectivity index (χ2v) is 11.3. The number of nitrogens with zero attached hydrogens (tertiary/aromatic N) is 2. The minimum absolute atomic E-state index is 0.0356. The Kier molecular flexibility index (Phi) is 6.97. The molecule has 0 bridgehead atoms. The highest BCUT2D eigenvalue weighted by Crippen LogP contribution is 2.37. The van der Waals surface area contributed by atoms with Crippen LogP contribution in [-0.2, 0) is 30.6 Å². The topological polar surface area (TPSA) is 70.4 Å². The Bertz CT molecular complexity index is 1280. The van der Waals surface area contributed by atoms with Gasteiger partial charge in [0.05, 0.1) is 24.9 Å². The van der Waals surface area contributed by atoms with Crippen molar-refractivity contribution < 1.29 is 14.3 Å². The van der Waals surface area contributed by atoms with E-state index < -0.39 is 0 Å². The molecule has 5 rings (SSSR count). The highest BCUT2D eigenvalue weighted by molar-refractivity contribution is 8.00. The molecule has 1 aromatic carbocycles. The van der Waals surface area contributed by atoms with Gasteiger partial charge in [-0.1, -0.05) is 30.7 Å². The van der Waals surface area contributed by atoms with Gasteiger partial charge in [-0.25, -0.2) is 4.98 Å². The van der Waals surface area contributed by atoms with Crippen LogP contribution < -0.4 is 15.0 Å². The number of aryl methyl sites for hydroxylation is 3. The zero-order valence-electron chi connectivity index (χ0n) is 19.7. The van der Waals surface area contributed by atoms with Crippen molar-refractivity contribution in [1.82, 2.24) is 9.55 Å². The van der Waals surface area contributed by atoms with Gasteiger partial charge < -0.3 is 9.47 Å². The fourth-order valence-electron chi connectivity index (χ4n) is 5.00. The van der Waals surface area contributed by atoms with Crippen LogP contribution in [-0.4, -0.2) is 34.8 Å². The summed E-state index contributed by atoms with van der Waals surface area (Å²) in [5.74, 6) is 1.65. The zero-order chi connectivity index (χ0) is 23.7. The summed E-state index contributed by atoms with van der Waals surface area (Å²) in [5, 5.41) is 1.35. The molecule has 34 heavy (non-hydrogen) atoms. The Morgan fingerprint density at radius 3 is 2.74 bits per heavy atom. The van der Waals surface area contributed by atoms with E-state index in [0.29, 0.717) is 36.0 Å². The minimum atomic E-state index is -0.119. The standard InChI is InChI=1S/C26H30N2O4S2/c1-31-19-12-11-16(15-20(19)32-2)13-14-28-25(30)23-17-7-6-10-21(17)33-24(23)27-26(28)34-22-9-5-3-4-8-18(22)29/h11-12,15,22H,3-10,13-14H2,1-2H3. The first kappa shape index (κ1) is 23.4. The zero-order valence-corrected chi connectivity index (χ0v) is 21.4. The fraction of sp³-hybridized carbons (Fsp3) is 0.500. The van der Waals surface area contributed by atoms with Crippen molar-refractivity contribution in [3.8, 4) is 11.5 Å². The van der Waals surface area contributed by atoms with E-state index in [0.717, 1.165) is 60.7 Å². The van der Waals surface area contributed by atoms with Crippen molar-refractivity contribution in [3.05, 3.63) is 44.6 Å². The number of benzene rings is 1. The lowest BCUT2D eigenvalue weighted by atomic mass is 10.1. The van der Waals surface area contributed by atoms with E-state index in [1.807, 2.05) is 22.8 Å². The van der Waals surface area contributed by atoms with Crippen molar-refractivity contribution in [2.24, 2.45) is 0 Å². The average Bonchev–Trinajstić information content (AvgIpc) is 3.37. The van der Waals surface area contributed by atoms with E-state index in [1.165, 1.54) is 22.2 Å². The third kappa shape index (κ3) is 4.50. The van der Waals surface area contributed by atoms with Gasteiger partial charge in [0.25, 0.3) is 5.56 Å². The summed E-state index contributed by atoms with van der Waals surface area (Å²) in [7, 11) is 3.25. The molecule has 0 N–H and O–H groups in total. The van der Waals surface area contributed by atoms with E-state index >= 15 is 0 Å². The molecule has 0 radical (unpaired) electrons. The van der Waals surface area contributed by atoms with E-state index in [4.69, 9.17) is 14.5 Å². The molecule has 2 aromatic heterocycles. The first-order chi connectivity index (χ1) is 16.6. The van der Waals surface area contributed by atoms with Gasteiger partial charge >= 0.3 is 0 Å². The largest absolute Gasteiger partial charge is 0.493 e. The lowest BCUT2D eigenvalue weighted by Crippen LogP contribution is -2.26. The number of Topliss-reactive ketones (excluding diaryl/α,β-unsaturated/α-hetero) is 1. The van der Waals surface area contributed by atoms with Crippen LogP contribution in [0.3, 0.4) is 0 Å². The number of thiophene rings is 1. The first-order valence-corrected chi connectivity index (χ1v) is 13.7. The molecule has 0 amide bonds. The van der Waals surface area contributed by atoms with Crippen LogP contribution >= 0.6 is 23.1 Å². The molecule has 6 nitrogen and oxygen atoms in total. The van der Waals surface area contributed by atoms with Crippen LogP contribution in [0.4, 0.5) is 0 Å². The van der Waals surface area contributed by atoms with Crippen LogP contribution in [0.1, 0.15) is 54.5 Å². The van der Waals surface area contributed by atoms with Gasteiger partial charge in [0.1, 0.15) is 10.6 Å². The minimum Gasteiger partial charge on any atom is -0.493 e. The smallest absolute Gasteiger partial charge is 0.263 e. The maximum absolute atomic E-state index is 13.8. The normalized spacial score (nSPS) is 18.2. The number of fused-ring (bicyclic) bond motifs is 3. The van der Waals surface area contributed by atoms with Crippen LogP contribution in [0.15, 0.2) is 28.2 Å². The molecule has 3 aromatic rings. The monoisotopic (exact) mass is 498 g/mol. The lowest BCUT2D eigenvalue weighted by molar-refractivity contribution is -0.118. The maximum Gasteiger partial charge on any atom is 0.263 e. The number of carbonyl (C=O) groups excluding carboxylic acids is 1. The molecule has 0 saturated heterocycles. The summed E-state index contributed by atoms with van der Waals surface area (Å²) >= 11 is 3.16. The van der Waals surface area contributed by atoms with Gasteiger partial charge in [0.15, 0.2) is 16.7 Å². The molecule has 0 spiro atoms. The highest BCUT2D eigenvalue weighted by atomic mass is 32.2. The molecule has 180 valence electrons. The second-order valence-electron chi connectivity index (χ2n) is 9.00. The second kappa shape index (κ2) is 10.1. The maximum atomic E-state index is 13.8. The Morgan fingerprint density at radius 2 is 1.91 bits per heavy atom. The third-order valence-corrected chi connectivity index (χ3v) is 9.35. The molecule has 1 unspecified atom stereocenters. The van der Waals surface area contributed by atoms with E-state index in [2.05, 4.69) is 0 Å². The number of ketones is 1. The van der Waals surface area contributed by atoms with E-state index in [-0.39, 0.29) is 16.6 Å². The molecule has 2 aliphatic rings. The Labute approximate surface area is 207 Å². The van der Waals surface area contributed by atoms with Crippen LogP contribution in [0.25, 0.3) is 10.2 Å². The van der Waals surface area contributed by atoms with Gasteiger partial charge in [-0.3, -0.25) is 14.2 Å². The predicted octanol–water partition coefficient (Wildman–Crippen LogP) is 5.20. The first-order valence-electron chi connectivity index (χ1n) is 12.0. The van der Waals surface area contributed by atoms with Crippen LogP contribution in [0, 0.1) is 0 Å². The third-order valence-electron chi connectivity index (χ3n) is 6.86. The number of thioether (sulfide) groups is 1. The molecule has 2 heterocycles. The van der Waals surface area contributed by atoms with Gasteiger partial charge in [0, 0.05) is 17.8 Å². The van der Waals surface area contributed by atoms with E-state index in [1.54, 1.807) is 25.6 Å². The Hall–Kier alpha value is -2.32. The fourth-order valence-corrected chi connectivity index (χ4v) is 7.55. The number of ether oxygens (including phenoxy) is 2. The number of carbonyl (C=O) groups is 1. The average molecular weight is 499 g/mol. The molecular formula is C26H30N2O4S2. The SMILES string of the molecule is COc1ccc(CCn2c(SC3CCCCCC3=O)nc3sc4c(c3c2=O)CCC4)cc1OC. The summed E-state index contributed by atoms with van der Waals surface area (Å²) in [5.41, 5.74) is 2.29. The molecule has 1 atom stereocenters. The van der Waals surface area contributed by atoms with Crippen LogP contribution in [0.2, 0.25) is 0 Å². The van der Waals surface area contributed by atoms with E-state index in [9.17, 15) is 9.59 Å². The lowest BCUT2D eigenvalue weighted by Gasteiger charge is -2.17. The van der Waals surface area contributed by atoms with Crippen molar-refractivity contribution in [2.45, 2.75) is 74.7 Å². The Morgan fingerprint density at radius 1 is 1.06 bits per heavy atom. The molecule has 1 fully saturated rings. The molecule has 1 saturated carbocycles. The predicted molar refractivity (Wildman–Crippen MR) is 137 cm³/mol. The summed E-state index contributed by atoms with van der Waals surface area (Å²) < 4.78 is 12.6. The summed E-state index contributed by atoms with van der Waals surface area (Å²) in [4.78, 5) is 33.7. The van der Waals surface area contributed by atoms with Crippen molar-refractivity contribution in [2.75, 3.05) is 14.2 Å². The summed E-state index contributed by atoms with van der Waals surface area (Å²) in [6.45, 7) is 0.505. The van der Waals surface area contributed by atoms with Crippen molar-refractivity contribution in [3.63, 3.8) is 0 Å². The molecule has 2 aliphatic carbocycles. The number of hydrogen-bond acceptors (Lipinski definition) is 7. The number of hydrogen-bond donors (Lipinski definition) is 0. The molecule has 8 heteroatoms. The number of rotatable bonds is 7. The van der Waals surface area contributed by atoms with Crippen molar-refractivity contribution >= 4 is 39.1 Å².